The molecule has 9 nitrogen and oxygen atoms in total. The van der Waals surface area contributed by atoms with E-state index < -0.39 is 11.7 Å². The Morgan fingerprint density at radius 2 is 1.89 bits per heavy atom. The highest BCUT2D eigenvalue weighted by Crippen LogP contribution is 2.54. The summed E-state index contributed by atoms with van der Waals surface area (Å²) in [4.78, 5) is 30.8. The van der Waals surface area contributed by atoms with Crippen LogP contribution in [0.3, 0.4) is 0 Å². The number of carbonyl (C=O) groups excluding carboxylic acids is 2. The van der Waals surface area contributed by atoms with Crippen LogP contribution in [-0.4, -0.2) is 74.7 Å². The second-order valence-corrected chi connectivity index (χ2v) is 9.43. The summed E-state index contributed by atoms with van der Waals surface area (Å²) >= 11 is 0. The van der Waals surface area contributed by atoms with Crippen molar-refractivity contribution in [3.8, 4) is 17.2 Å². The van der Waals surface area contributed by atoms with Gasteiger partial charge in [-0.1, -0.05) is 0 Å². The lowest BCUT2D eigenvalue weighted by Crippen LogP contribution is -2.37. The molecule has 0 spiro atoms. The third kappa shape index (κ3) is 5.12. The van der Waals surface area contributed by atoms with Crippen LogP contribution < -0.4 is 19.9 Å². The maximum Gasteiger partial charge on any atom is 0.256 e. The van der Waals surface area contributed by atoms with E-state index in [4.69, 9.17) is 9.47 Å². The maximum atomic E-state index is 15.4. The number of phenols is 1. The summed E-state index contributed by atoms with van der Waals surface area (Å²) < 4.78 is 27.0. The molecule has 2 aromatic carbocycles. The van der Waals surface area contributed by atoms with E-state index >= 15 is 4.39 Å². The van der Waals surface area contributed by atoms with Crippen molar-refractivity contribution in [3.05, 3.63) is 47.4 Å². The Morgan fingerprint density at radius 1 is 1.14 bits per heavy atom. The first-order chi connectivity index (χ1) is 18.0. The minimum absolute atomic E-state index is 0.0255. The zero-order valence-electron chi connectivity index (χ0n) is 20.8. The molecule has 2 fully saturated rings. The molecule has 2 N–H and O–H groups in total. The normalized spacial score (nSPS) is 17.7. The van der Waals surface area contributed by atoms with Gasteiger partial charge < -0.3 is 34.6 Å². The Labute approximate surface area is 215 Å². The number of amides is 1. The molecule has 2 saturated heterocycles. The molecule has 0 radical (unpaired) electrons. The van der Waals surface area contributed by atoms with E-state index in [1.54, 1.807) is 17.9 Å². The van der Waals surface area contributed by atoms with Gasteiger partial charge in [-0.2, -0.15) is 0 Å². The number of hydrogen-bond donors (Lipinski definition) is 2. The van der Waals surface area contributed by atoms with Crippen molar-refractivity contribution in [2.75, 3.05) is 62.3 Å². The van der Waals surface area contributed by atoms with Crippen molar-refractivity contribution >= 4 is 29.3 Å². The van der Waals surface area contributed by atoms with Crippen LogP contribution in [0, 0.1) is 12.7 Å². The number of fused-ring (bicyclic) bond motifs is 2. The molecule has 37 heavy (non-hydrogen) atoms. The van der Waals surface area contributed by atoms with Gasteiger partial charge in [-0.25, -0.2) is 4.39 Å². The van der Waals surface area contributed by atoms with Crippen molar-refractivity contribution in [2.45, 2.75) is 19.8 Å². The third-order valence-electron chi connectivity index (χ3n) is 6.93. The molecule has 0 saturated carbocycles. The summed E-state index contributed by atoms with van der Waals surface area (Å²) in [5.41, 5.74) is 1.80. The lowest BCUT2D eigenvalue weighted by Gasteiger charge is -2.37. The van der Waals surface area contributed by atoms with Crippen LogP contribution in [0.5, 0.6) is 17.2 Å². The van der Waals surface area contributed by atoms with Crippen molar-refractivity contribution < 1.29 is 28.6 Å². The van der Waals surface area contributed by atoms with E-state index in [-0.39, 0.29) is 28.5 Å². The summed E-state index contributed by atoms with van der Waals surface area (Å²) in [6, 6.07) is 5.98. The van der Waals surface area contributed by atoms with Crippen molar-refractivity contribution in [2.24, 2.45) is 0 Å². The number of rotatable bonds is 7. The molecule has 0 atom stereocenters. The predicted octanol–water partition coefficient (Wildman–Crippen LogP) is 3.21. The van der Waals surface area contributed by atoms with E-state index in [0.717, 1.165) is 32.5 Å². The molecule has 1 amide bonds. The first kappa shape index (κ1) is 25.0. The summed E-state index contributed by atoms with van der Waals surface area (Å²) in [6.45, 7) is 6.81. The SMILES string of the molecule is Cc1cc(F)c(N2CCOCC2)c2c1N(/C=C(\C=O)C(=O)NCCN1CCCC1)c1ccc(O)cc1O2. The second kappa shape index (κ2) is 10.8. The number of nitrogens with zero attached hydrogens (tertiary/aromatic N) is 3. The van der Waals surface area contributed by atoms with Crippen molar-refractivity contribution in [3.63, 3.8) is 0 Å². The molecule has 3 aliphatic rings. The van der Waals surface area contributed by atoms with E-state index in [1.165, 1.54) is 24.4 Å². The molecule has 0 aromatic heterocycles. The molecule has 2 aromatic rings. The summed E-state index contributed by atoms with van der Waals surface area (Å²) in [5.74, 6) is -0.421. The topological polar surface area (TPSA) is 94.6 Å². The monoisotopic (exact) mass is 510 g/mol. The minimum atomic E-state index is -0.490. The second-order valence-electron chi connectivity index (χ2n) is 9.43. The largest absolute Gasteiger partial charge is 0.508 e. The highest BCUT2D eigenvalue weighted by molar-refractivity contribution is 6.11. The summed E-state index contributed by atoms with van der Waals surface area (Å²) in [6.07, 6.45) is 4.28. The number of benzene rings is 2. The Kier molecular flexibility index (Phi) is 7.29. The number of carbonyl (C=O) groups is 2. The Bertz CT molecular complexity index is 1220. The lowest BCUT2D eigenvalue weighted by molar-refractivity contribution is -0.119. The fourth-order valence-electron chi connectivity index (χ4n) is 5.07. The highest BCUT2D eigenvalue weighted by atomic mass is 19.1. The van der Waals surface area contributed by atoms with Gasteiger partial charge in [0.1, 0.15) is 11.4 Å². The van der Waals surface area contributed by atoms with Gasteiger partial charge in [-0.05, 0) is 56.6 Å². The van der Waals surface area contributed by atoms with Crippen LogP contribution in [0.15, 0.2) is 36.0 Å². The highest BCUT2D eigenvalue weighted by Gasteiger charge is 2.33. The predicted molar refractivity (Wildman–Crippen MR) is 137 cm³/mol. The van der Waals surface area contributed by atoms with E-state index in [2.05, 4.69) is 10.2 Å². The van der Waals surface area contributed by atoms with Crippen LogP contribution in [0.1, 0.15) is 18.4 Å². The van der Waals surface area contributed by atoms with Gasteiger partial charge in [-0.3, -0.25) is 9.59 Å². The molecule has 196 valence electrons. The first-order valence-electron chi connectivity index (χ1n) is 12.6. The van der Waals surface area contributed by atoms with Gasteiger partial charge in [0.2, 0.25) is 0 Å². The molecular formula is C27H31FN4O5. The molecule has 5 rings (SSSR count). The number of hydrogen-bond acceptors (Lipinski definition) is 8. The van der Waals surface area contributed by atoms with E-state index in [0.29, 0.717) is 56.1 Å². The minimum Gasteiger partial charge on any atom is -0.508 e. The number of phenolic OH excluding ortho intramolecular Hbond substituents is 1. The van der Waals surface area contributed by atoms with E-state index in [9.17, 15) is 14.7 Å². The molecular weight excluding hydrogens is 479 g/mol. The molecule has 10 heteroatoms. The van der Waals surface area contributed by atoms with Crippen LogP contribution in [0.25, 0.3) is 0 Å². The molecule has 0 unspecified atom stereocenters. The summed E-state index contributed by atoms with van der Waals surface area (Å²) in [5, 5.41) is 12.9. The number of halogens is 1. The smallest absolute Gasteiger partial charge is 0.256 e. The van der Waals surface area contributed by atoms with Crippen LogP contribution in [-0.2, 0) is 14.3 Å². The molecule has 3 heterocycles. The number of aldehydes is 1. The number of ether oxygens (including phenoxy) is 2. The van der Waals surface area contributed by atoms with Gasteiger partial charge in [-0.15, -0.1) is 0 Å². The van der Waals surface area contributed by atoms with Crippen molar-refractivity contribution in [1.29, 1.82) is 0 Å². The first-order valence-corrected chi connectivity index (χ1v) is 12.6. The van der Waals surface area contributed by atoms with Crippen LogP contribution in [0.2, 0.25) is 0 Å². The maximum absolute atomic E-state index is 15.4. The average Bonchev–Trinajstić information content (AvgIpc) is 3.40. The van der Waals surface area contributed by atoms with Crippen molar-refractivity contribution in [1.82, 2.24) is 10.2 Å². The standard InChI is InChI=1S/C27H31FN4O5/c1-18-14-21(28)25(31-10-12-36-13-11-31)26-24(18)32(22-5-4-20(34)15-23(22)37-26)16-19(17-33)27(35)29-6-9-30-7-2-3-8-30/h4-5,14-17,34H,2-3,6-13H2,1H3,(H,29,35)/b19-16+. The van der Waals surface area contributed by atoms with Gasteiger partial charge >= 0.3 is 0 Å². The van der Waals surface area contributed by atoms with Crippen LogP contribution in [0.4, 0.5) is 21.5 Å². The van der Waals surface area contributed by atoms with Gasteiger partial charge in [0.05, 0.1) is 30.2 Å². The Morgan fingerprint density at radius 3 is 2.62 bits per heavy atom. The molecule has 3 aliphatic heterocycles. The fraction of sp³-hybridized carbons (Fsp3) is 0.407. The Hall–Kier alpha value is -3.63. The number of anilines is 3. The third-order valence-corrected chi connectivity index (χ3v) is 6.93. The van der Waals surface area contributed by atoms with Gasteiger partial charge in [0.15, 0.2) is 23.6 Å². The number of morpholine rings is 1. The average molecular weight is 511 g/mol. The quantitative estimate of drug-likeness (QED) is 0.254. The number of likely N-dealkylation sites (tertiary alicyclic amines) is 1. The zero-order chi connectivity index (χ0) is 25.9. The molecule has 0 bridgehead atoms. The van der Waals surface area contributed by atoms with Gasteiger partial charge in [0, 0.05) is 38.4 Å². The summed E-state index contributed by atoms with van der Waals surface area (Å²) in [7, 11) is 0. The number of aryl methyl sites for hydroxylation is 1. The fourth-order valence-corrected chi connectivity index (χ4v) is 5.07. The Balaban J connectivity index is 1.53. The van der Waals surface area contributed by atoms with Gasteiger partial charge in [0.25, 0.3) is 5.91 Å². The number of nitrogens with one attached hydrogen (secondary N) is 1. The van der Waals surface area contributed by atoms with Crippen LogP contribution >= 0.6 is 0 Å². The lowest BCUT2D eigenvalue weighted by atomic mass is 10.0. The van der Waals surface area contributed by atoms with E-state index in [1.807, 2.05) is 4.90 Å². The molecule has 0 aliphatic carbocycles. The zero-order valence-corrected chi connectivity index (χ0v) is 20.8. The number of aromatic hydroxyl groups is 1.